The molecule has 0 unspecified atom stereocenters. The fourth-order valence-electron chi connectivity index (χ4n) is 1.80. The Kier molecular flexibility index (Phi) is 4.02. The molecule has 0 spiro atoms. The van der Waals surface area contributed by atoms with Crippen LogP contribution >= 0.6 is 0 Å². The number of nitrogens with one attached hydrogen (secondary N) is 1. The van der Waals surface area contributed by atoms with Gasteiger partial charge in [-0.1, -0.05) is 0 Å². The molecule has 1 aliphatic rings. The minimum atomic E-state index is -0.922. The number of methoxy groups -OCH3 is 1. The third-order valence-electron chi connectivity index (χ3n) is 2.67. The lowest BCUT2D eigenvalue weighted by molar-refractivity contribution is 0.0568. The maximum Gasteiger partial charge on any atom is 0.404 e. The van der Waals surface area contributed by atoms with Gasteiger partial charge in [-0.25, -0.2) is 4.79 Å². The van der Waals surface area contributed by atoms with E-state index in [1.54, 1.807) is 7.11 Å². The van der Waals surface area contributed by atoms with Crippen LogP contribution < -0.4 is 5.32 Å². The van der Waals surface area contributed by atoms with E-state index in [1.165, 1.54) is 0 Å². The Bertz CT molecular complexity index is 164. The predicted molar refractivity (Wildman–Crippen MR) is 48.8 cm³/mol. The van der Waals surface area contributed by atoms with Crippen molar-refractivity contribution in [2.75, 3.05) is 13.7 Å². The van der Waals surface area contributed by atoms with E-state index in [0.29, 0.717) is 18.6 Å². The van der Waals surface area contributed by atoms with Crippen molar-refractivity contribution in [1.82, 2.24) is 5.32 Å². The number of rotatable bonds is 3. The van der Waals surface area contributed by atoms with Crippen LogP contribution in [0.2, 0.25) is 0 Å². The van der Waals surface area contributed by atoms with Crippen molar-refractivity contribution in [2.24, 2.45) is 5.92 Å². The number of carbonyl (C=O) groups is 1. The van der Waals surface area contributed by atoms with Crippen LogP contribution in [-0.4, -0.2) is 31.0 Å². The van der Waals surface area contributed by atoms with Gasteiger partial charge in [-0.2, -0.15) is 0 Å². The summed E-state index contributed by atoms with van der Waals surface area (Å²) in [5.74, 6) is 0.502. The van der Waals surface area contributed by atoms with Gasteiger partial charge in [-0.05, 0) is 31.6 Å². The van der Waals surface area contributed by atoms with Crippen LogP contribution in [0.4, 0.5) is 4.79 Å². The zero-order chi connectivity index (χ0) is 9.68. The average Bonchev–Trinajstić information content (AvgIpc) is 2.15. The Morgan fingerprint density at radius 3 is 2.54 bits per heavy atom. The van der Waals surface area contributed by atoms with Crippen molar-refractivity contribution in [3.63, 3.8) is 0 Å². The SMILES string of the molecule is CO[C@H]1CC[C@H](CNC(=O)O)CC1. The maximum absolute atomic E-state index is 10.2. The van der Waals surface area contributed by atoms with Crippen molar-refractivity contribution < 1.29 is 14.6 Å². The van der Waals surface area contributed by atoms with Gasteiger partial charge < -0.3 is 15.2 Å². The lowest BCUT2D eigenvalue weighted by Gasteiger charge is -2.27. The first-order chi connectivity index (χ1) is 6.22. The maximum atomic E-state index is 10.2. The number of amides is 1. The molecule has 0 heterocycles. The van der Waals surface area contributed by atoms with E-state index in [0.717, 1.165) is 25.7 Å². The topological polar surface area (TPSA) is 58.6 Å². The standard InChI is InChI=1S/C9H17NO3/c1-13-8-4-2-7(3-5-8)6-10-9(11)12/h7-8,10H,2-6H2,1H3,(H,11,12)/t7-,8-. The molecule has 1 amide bonds. The average molecular weight is 187 g/mol. The molecule has 4 nitrogen and oxygen atoms in total. The zero-order valence-corrected chi connectivity index (χ0v) is 7.95. The highest BCUT2D eigenvalue weighted by molar-refractivity contribution is 5.64. The van der Waals surface area contributed by atoms with E-state index in [1.807, 2.05) is 0 Å². The summed E-state index contributed by atoms with van der Waals surface area (Å²) in [6.07, 6.45) is 3.72. The fraction of sp³-hybridized carbons (Fsp3) is 0.889. The molecule has 13 heavy (non-hydrogen) atoms. The fourth-order valence-corrected chi connectivity index (χ4v) is 1.80. The van der Waals surface area contributed by atoms with Gasteiger partial charge in [-0.15, -0.1) is 0 Å². The molecule has 76 valence electrons. The van der Waals surface area contributed by atoms with Gasteiger partial charge in [0.2, 0.25) is 0 Å². The van der Waals surface area contributed by atoms with Crippen LogP contribution in [0.3, 0.4) is 0 Å². The largest absolute Gasteiger partial charge is 0.465 e. The summed E-state index contributed by atoms with van der Waals surface area (Å²) in [5, 5.41) is 10.8. The van der Waals surface area contributed by atoms with Crippen LogP contribution in [0.15, 0.2) is 0 Å². The van der Waals surface area contributed by atoms with Crippen molar-refractivity contribution in [1.29, 1.82) is 0 Å². The van der Waals surface area contributed by atoms with E-state index < -0.39 is 6.09 Å². The van der Waals surface area contributed by atoms with E-state index in [9.17, 15) is 4.79 Å². The third-order valence-corrected chi connectivity index (χ3v) is 2.67. The summed E-state index contributed by atoms with van der Waals surface area (Å²) >= 11 is 0. The molecular formula is C9H17NO3. The second kappa shape index (κ2) is 5.07. The van der Waals surface area contributed by atoms with E-state index in [2.05, 4.69) is 5.32 Å². The highest BCUT2D eigenvalue weighted by Gasteiger charge is 2.20. The zero-order valence-electron chi connectivity index (χ0n) is 7.95. The Morgan fingerprint density at radius 1 is 1.46 bits per heavy atom. The first-order valence-corrected chi connectivity index (χ1v) is 4.72. The second-order valence-corrected chi connectivity index (χ2v) is 3.56. The van der Waals surface area contributed by atoms with E-state index in [-0.39, 0.29) is 0 Å². The molecule has 0 bridgehead atoms. The van der Waals surface area contributed by atoms with Gasteiger partial charge in [0.1, 0.15) is 0 Å². The summed E-state index contributed by atoms with van der Waals surface area (Å²) in [7, 11) is 1.74. The minimum Gasteiger partial charge on any atom is -0.465 e. The summed E-state index contributed by atoms with van der Waals surface area (Å²) < 4.78 is 5.23. The van der Waals surface area contributed by atoms with Crippen LogP contribution in [0.25, 0.3) is 0 Å². The molecule has 0 atom stereocenters. The second-order valence-electron chi connectivity index (χ2n) is 3.56. The molecular weight excluding hydrogens is 170 g/mol. The van der Waals surface area contributed by atoms with Gasteiger partial charge in [0, 0.05) is 13.7 Å². The molecule has 0 radical (unpaired) electrons. The van der Waals surface area contributed by atoms with Crippen molar-refractivity contribution in [3.05, 3.63) is 0 Å². The Hall–Kier alpha value is -0.770. The molecule has 1 saturated carbocycles. The number of ether oxygens (including phenoxy) is 1. The Labute approximate surface area is 78.3 Å². The number of hydrogen-bond donors (Lipinski definition) is 2. The Morgan fingerprint density at radius 2 is 2.08 bits per heavy atom. The van der Waals surface area contributed by atoms with Crippen LogP contribution in [0.1, 0.15) is 25.7 Å². The van der Waals surface area contributed by atoms with Gasteiger partial charge in [0.25, 0.3) is 0 Å². The summed E-state index contributed by atoms with van der Waals surface area (Å²) in [6.45, 7) is 0.589. The summed E-state index contributed by atoms with van der Waals surface area (Å²) in [6, 6.07) is 0. The predicted octanol–water partition coefficient (Wildman–Crippen LogP) is 1.46. The van der Waals surface area contributed by atoms with Crippen LogP contribution in [-0.2, 0) is 4.74 Å². The number of hydrogen-bond acceptors (Lipinski definition) is 2. The van der Waals surface area contributed by atoms with Gasteiger partial charge >= 0.3 is 6.09 Å². The monoisotopic (exact) mass is 187 g/mol. The third kappa shape index (κ3) is 3.63. The quantitative estimate of drug-likeness (QED) is 0.703. The van der Waals surface area contributed by atoms with Crippen molar-refractivity contribution in [3.8, 4) is 0 Å². The van der Waals surface area contributed by atoms with Gasteiger partial charge in [0.05, 0.1) is 6.10 Å². The van der Waals surface area contributed by atoms with Crippen molar-refractivity contribution in [2.45, 2.75) is 31.8 Å². The first-order valence-electron chi connectivity index (χ1n) is 4.72. The Balaban J connectivity index is 2.14. The molecule has 0 aromatic carbocycles. The minimum absolute atomic E-state index is 0.390. The molecule has 0 aromatic heterocycles. The smallest absolute Gasteiger partial charge is 0.404 e. The highest BCUT2D eigenvalue weighted by Crippen LogP contribution is 2.25. The van der Waals surface area contributed by atoms with E-state index in [4.69, 9.17) is 9.84 Å². The lowest BCUT2D eigenvalue weighted by atomic mass is 9.87. The van der Waals surface area contributed by atoms with Gasteiger partial charge in [0.15, 0.2) is 0 Å². The normalized spacial score (nSPS) is 28.4. The van der Waals surface area contributed by atoms with Crippen molar-refractivity contribution >= 4 is 6.09 Å². The molecule has 1 fully saturated rings. The summed E-state index contributed by atoms with van der Waals surface area (Å²) in [5.41, 5.74) is 0. The molecule has 2 N–H and O–H groups in total. The molecule has 1 rings (SSSR count). The molecule has 4 heteroatoms. The highest BCUT2D eigenvalue weighted by atomic mass is 16.5. The molecule has 0 saturated heterocycles. The molecule has 0 aromatic rings. The van der Waals surface area contributed by atoms with Crippen LogP contribution in [0.5, 0.6) is 0 Å². The number of carboxylic acid groups (broad SMARTS) is 1. The first kappa shape index (κ1) is 10.3. The molecule has 1 aliphatic carbocycles. The van der Waals surface area contributed by atoms with Gasteiger partial charge in [-0.3, -0.25) is 0 Å². The van der Waals surface area contributed by atoms with Crippen LogP contribution in [0, 0.1) is 5.92 Å². The summed E-state index contributed by atoms with van der Waals surface area (Å²) in [4.78, 5) is 10.2. The lowest BCUT2D eigenvalue weighted by Crippen LogP contribution is -2.31. The van der Waals surface area contributed by atoms with E-state index >= 15 is 0 Å². The molecule has 0 aliphatic heterocycles.